The Morgan fingerprint density at radius 3 is 2.29 bits per heavy atom. The first-order valence-corrected chi connectivity index (χ1v) is 10.1. The van der Waals surface area contributed by atoms with E-state index in [0.717, 1.165) is 6.07 Å². The number of hydrazine groups is 1. The van der Waals surface area contributed by atoms with Crippen LogP contribution in [0.25, 0.3) is 22.2 Å². The SMILES string of the molecule is O=C(COC(=O)c1cc(-c2ccc(F)cc2)nc2ccccc12)NNC(=O)c1ccccc1F. The quantitative estimate of drug-likeness (QED) is 0.348. The maximum Gasteiger partial charge on any atom is 0.339 e. The van der Waals surface area contributed by atoms with Gasteiger partial charge in [0.2, 0.25) is 0 Å². The molecular weight excluding hydrogens is 444 g/mol. The molecule has 0 bridgehead atoms. The highest BCUT2D eigenvalue weighted by molar-refractivity contribution is 6.05. The van der Waals surface area contributed by atoms with Gasteiger partial charge in [-0.2, -0.15) is 0 Å². The van der Waals surface area contributed by atoms with Gasteiger partial charge in [-0.1, -0.05) is 30.3 Å². The Labute approximate surface area is 192 Å². The number of amides is 2. The van der Waals surface area contributed by atoms with Gasteiger partial charge in [-0.15, -0.1) is 0 Å². The van der Waals surface area contributed by atoms with Gasteiger partial charge >= 0.3 is 5.97 Å². The summed E-state index contributed by atoms with van der Waals surface area (Å²) in [6.07, 6.45) is 0. The number of hydrogen-bond acceptors (Lipinski definition) is 5. The number of ether oxygens (including phenoxy) is 1. The van der Waals surface area contributed by atoms with Crippen LogP contribution in [0.15, 0.2) is 78.9 Å². The van der Waals surface area contributed by atoms with Crippen molar-refractivity contribution in [2.75, 3.05) is 6.61 Å². The molecule has 1 aromatic heterocycles. The number of carbonyl (C=O) groups is 3. The van der Waals surface area contributed by atoms with Crippen molar-refractivity contribution in [2.45, 2.75) is 0 Å². The molecule has 3 aromatic carbocycles. The van der Waals surface area contributed by atoms with Crippen LogP contribution in [0.2, 0.25) is 0 Å². The van der Waals surface area contributed by atoms with E-state index in [1.54, 1.807) is 24.3 Å². The van der Waals surface area contributed by atoms with E-state index in [1.807, 2.05) is 0 Å². The lowest BCUT2D eigenvalue weighted by Crippen LogP contribution is -2.43. The van der Waals surface area contributed by atoms with E-state index >= 15 is 0 Å². The number of nitrogens with zero attached hydrogens (tertiary/aromatic N) is 1. The molecule has 0 unspecified atom stereocenters. The molecule has 170 valence electrons. The van der Waals surface area contributed by atoms with Crippen molar-refractivity contribution >= 4 is 28.7 Å². The first-order chi connectivity index (χ1) is 16.4. The molecule has 0 radical (unpaired) electrons. The molecule has 0 aliphatic carbocycles. The summed E-state index contributed by atoms with van der Waals surface area (Å²) < 4.78 is 32.0. The minimum atomic E-state index is -0.859. The summed E-state index contributed by atoms with van der Waals surface area (Å²) in [6.45, 7) is -0.696. The second kappa shape index (κ2) is 9.86. The Morgan fingerprint density at radius 1 is 0.824 bits per heavy atom. The van der Waals surface area contributed by atoms with Gasteiger partial charge < -0.3 is 4.74 Å². The predicted octanol–water partition coefficient (Wildman–Crippen LogP) is 3.80. The van der Waals surface area contributed by atoms with Crippen LogP contribution in [0.3, 0.4) is 0 Å². The number of para-hydroxylation sites is 1. The van der Waals surface area contributed by atoms with Gasteiger partial charge in [0.25, 0.3) is 11.8 Å². The second-order valence-electron chi connectivity index (χ2n) is 7.14. The van der Waals surface area contributed by atoms with Crippen LogP contribution in [0, 0.1) is 11.6 Å². The van der Waals surface area contributed by atoms with Crippen molar-refractivity contribution in [1.29, 1.82) is 0 Å². The Balaban J connectivity index is 1.46. The van der Waals surface area contributed by atoms with Crippen LogP contribution in [-0.4, -0.2) is 29.4 Å². The average Bonchev–Trinajstić information content (AvgIpc) is 2.86. The fourth-order valence-electron chi connectivity index (χ4n) is 3.20. The van der Waals surface area contributed by atoms with Crippen LogP contribution >= 0.6 is 0 Å². The molecule has 7 nitrogen and oxygen atoms in total. The Morgan fingerprint density at radius 2 is 1.53 bits per heavy atom. The smallest absolute Gasteiger partial charge is 0.339 e. The minimum Gasteiger partial charge on any atom is -0.452 e. The summed E-state index contributed by atoms with van der Waals surface area (Å²) in [4.78, 5) is 41.3. The van der Waals surface area contributed by atoms with Gasteiger partial charge in [0, 0.05) is 10.9 Å². The molecule has 2 N–H and O–H groups in total. The highest BCUT2D eigenvalue weighted by Crippen LogP contribution is 2.25. The van der Waals surface area contributed by atoms with Crippen molar-refractivity contribution in [3.05, 3.63) is 102 Å². The third kappa shape index (κ3) is 5.04. The lowest BCUT2D eigenvalue weighted by Gasteiger charge is -2.11. The summed E-state index contributed by atoms with van der Waals surface area (Å²) in [5.74, 6) is -3.63. The third-order valence-electron chi connectivity index (χ3n) is 4.84. The molecule has 0 aliphatic heterocycles. The van der Waals surface area contributed by atoms with Gasteiger partial charge in [-0.05, 0) is 48.5 Å². The number of carbonyl (C=O) groups excluding carboxylic acids is 3. The minimum absolute atomic E-state index is 0.160. The number of benzene rings is 3. The maximum atomic E-state index is 13.6. The van der Waals surface area contributed by atoms with E-state index in [2.05, 4.69) is 15.8 Å². The average molecular weight is 461 g/mol. The largest absolute Gasteiger partial charge is 0.452 e. The van der Waals surface area contributed by atoms with E-state index in [0.29, 0.717) is 22.2 Å². The molecule has 34 heavy (non-hydrogen) atoms. The molecular formula is C25H17F2N3O4. The molecule has 2 amide bonds. The normalized spacial score (nSPS) is 10.5. The molecule has 0 aliphatic rings. The summed E-state index contributed by atoms with van der Waals surface area (Å²) in [5, 5.41) is 0.506. The van der Waals surface area contributed by atoms with Crippen molar-refractivity contribution in [3.63, 3.8) is 0 Å². The number of halogens is 2. The van der Waals surface area contributed by atoms with Crippen LogP contribution in [0.5, 0.6) is 0 Å². The van der Waals surface area contributed by atoms with E-state index in [4.69, 9.17) is 4.74 Å². The number of pyridine rings is 1. The van der Waals surface area contributed by atoms with Crippen molar-refractivity contribution in [3.8, 4) is 11.3 Å². The Kier molecular flexibility index (Phi) is 6.54. The van der Waals surface area contributed by atoms with Gasteiger partial charge in [0.1, 0.15) is 11.6 Å². The summed E-state index contributed by atoms with van der Waals surface area (Å²) in [6, 6.07) is 19.3. The first-order valence-electron chi connectivity index (χ1n) is 10.1. The van der Waals surface area contributed by atoms with E-state index < -0.39 is 36.0 Å². The standard InChI is InChI=1S/C25H17F2N3O4/c26-16-11-9-15(10-12-16)22-13-19(17-5-2-4-8-21(17)28-22)25(33)34-14-23(31)29-30-24(32)18-6-1-3-7-20(18)27/h1-13H,14H2,(H,29,31)(H,30,32). The number of hydrogen-bond donors (Lipinski definition) is 2. The Hall–Kier alpha value is -4.66. The lowest BCUT2D eigenvalue weighted by molar-refractivity contribution is -0.125. The fraction of sp³-hybridized carbons (Fsp3) is 0.0400. The highest BCUT2D eigenvalue weighted by Gasteiger charge is 2.17. The van der Waals surface area contributed by atoms with Crippen LogP contribution in [-0.2, 0) is 9.53 Å². The molecule has 0 spiro atoms. The van der Waals surface area contributed by atoms with Gasteiger partial charge in [-0.25, -0.2) is 18.6 Å². The van der Waals surface area contributed by atoms with Gasteiger partial charge in [-0.3, -0.25) is 20.4 Å². The van der Waals surface area contributed by atoms with E-state index in [1.165, 1.54) is 48.5 Å². The van der Waals surface area contributed by atoms with Gasteiger partial charge in [0.05, 0.1) is 22.3 Å². The monoisotopic (exact) mass is 461 g/mol. The lowest BCUT2D eigenvalue weighted by atomic mass is 10.0. The number of aromatic nitrogens is 1. The number of nitrogens with one attached hydrogen (secondary N) is 2. The van der Waals surface area contributed by atoms with Crippen LogP contribution in [0.4, 0.5) is 8.78 Å². The molecule has 0 fully saturated rings. The molecule has 0 saturated heterocycles. The van der Waals surface area contributed by atoms with Crippen molar-refractivity contribution in [2.24, 2.45) is 0 Å². The first kappa shape index (κ1) is 22.5. The highest BCUT2D eigenvalue weighted by atomic mass is 19.1. The molecule has 4 rings (SSSR count). The number of fused-ring (bicyclic) bond motifs is 1. The molecule has 0 atom stereocenters. The van der Waals surface area contributed by atoms with Gasteiger partial charge in [0.15, 0.2) is 6.61 Å². The third-order valence-corrected chi connectivity index (χ3v) is 4.84. The number of rotatable bonds is 5. The molecule has 0 saturated carbocycles. The summed E-state index contributed by atoms with van der Waals surface area (Å²) in [5.41, 5.74) is 5.56. The van der Waals surface area contributed by atoms with Crippen LogP contribution < -0.4 is 10.9 Å². The fourth-order valence-corrected chi connectivity index (χ4v) is 3.20. The molecule has 9 heteroatoms. The topological polar surface area (TPSA) is 97.4 Å². The Bertz CT molecular complexity index is 1390. The zero-order valence-corrected chi connectivity index (χ0v) is 17.5. The second-order valence-corrected chi connectivity index (χ2v) is 7.14. The van der Waals surface area contributed by atoms with Crippen molar-refractivity contribution in [1.82, 2.24) is 15.8 Å². The summed E-state index contributed by atoms with van der Waals surface area (Å²) in [7, 11) is 0. The summed E-state index contributed by atoms with van der Waals surface area (Å²) >= 11 is 0. The molecule has 4 aromatic rings. The maximum absolute atomic E-state index is 13.6. The van der Waals surface area contributed by atoms with Crippen LogP contribution in [0.1, 0.15) is 20.7 Å². The van der Waals surface area contributed by atoms with E-state index in [-0.39, 0.29) is 11.1 Å². The molecule has 1 heterocycles. The predicted molar refractivity (Wildman–Crippen MR) is 119 cm³/mol. The zero-order chi connectivity index (χ0) is 24.1. The van der Waals surface area contributed by atoms with Crippen molar-refractivity contribution < 1.29 is 27.9 Å². The zero-order valence-electron chi connectivity index (χ0n) is 17.5. The number of esters is 1. The van der Waals surface area contributed by atoms with E-state index in [9.17, 15) is 23.2 Å².